The molecule has 1 atom stereocenters. The first-order chi connectivity index (χ1) is 9.92. The monoisotopic (exact) mass is 292 g/mol. The van der Waals surface area contributed by atoms with Crippen LogP contribution in [0.15, 0.2) is 12.1 Å². The van der Waals surface area contributed by atoms with Gasteiger partial charge in [-0.15, -0.1) is 0 Å². The third-order valence-electron chi connectivity index (χ3n) is 3.43. The average molecular weight is 292 g/mol. The number of hydrazine groups is 1. The van der Waals surface area contributed by atoms with Crippen molar-refractivity contribution in [2.24, 2.45) is 5.84 Å². The van der Waals surface area contributed by atoms with Gasteiger partial charge in [-0.25, -0.2) is 4.79 Å². The van der Waals surface area contributed by atoms with Gasteiger partial charge < -0.3 is 15.5 Å². The molecule has 0 bridgehead atoms. The Kier molecular flexibility index (Phi) is 4.32. The van der Waals surface area contributed by atoms with Gasteiger partial charge in [0.1, 0.15) is 6.10 Å². The summed E-state index contributed by atoms with van der Waals surface area (Å²) in [5, 5.41) is 2.65. The maximum absolute atomic E-state index is 12.0. The molecule has 7 nitrogen and oxygen atoms in total. The maximum Gasteiger partial charge on any atom is 0.414 e. The zero-order valence-corrected chi connectivity index (χ0v) is 12.4. The predicted molar refractivity (Wildman–Crippen MR) is 80.0 cm³/mol. The first-order valence-corrected chi connectivity index (χ1v) is 6.72. The fourth-order valence-electron chi connectivity index (χ4n) is 2.42. The summed E-state index contributed by atoms with van der Waals surface area (Å²) >= 11 is 0. The summed E-state index contributed by atoms with van der Waals surface area (Å²) in [4.78, 5) is 24.4. The molecule has 0 aliphatic carbocycles. The van der Waals surface area contributed by atoms with E-state index in [9.17, 15) is 9.59 Å². The highest BCUT2D eigenvalue weighted by molar-refractivity contribution is 5.90. The van der Waals surface area contributed by atoms with Gasteiger partial charge in [0.2, 0.25) is 5.91 Å². The van der Waals surface area contributed by atoms with Crippen LogP contribution in [-0.2, 0) is 9.53 Å². The van der Waals surface area contributed by atoms with Gasteiger partial charge in [-0.3, -0.25) is 15.5 Å². The minimum Gasteiger partial charge on any atom is -0.442 e. The lowest BCUT2D eigenvalue weighted by atomic mass is 10.1. The van der Waals surface area contributed by atoms with Crippen LogP contribution < -0.4 is 21.5 Å². The van der Waals surface area contributed by atoms with Gasteiger partial charge in [0, 0.05) is 12.6 Å². The lowest BCUT2D eigenvalue weighted by molar-refractivity contribution is -0.119. The molecule has 1 aliphatic heterocycles. The molecule has 1 aliphatic rings. The topological polar surface area (TPSA) is 96.7 Å². The zero-order chi connectivity index (χ0) is 15.6. The molecule has 2 rings (SSSR count). The molecule has 1 aromatic rings. The Morgan fingerprint density at radius 2 is 2.05 bits per heavy atom. The Hall–Kier alpha value is -2.28. The third kappa shape index (κ3) is 3.25. The van der Waals surface area contributed by atoms with Gasteiger partial charge in [0.25, 0.3) is 0 Å². The lowest BCUT2D eigenvalue weighted by Crippen LogP contribution is -2.33. The van der Waals surface area contributed by atoms with Gasteiger partial charge in [-0.1, -0.05) is 0 Å². The van der Waals surface area contributed by atoms with Crippen LogP contribution in [0.25, 0.3) is 0 Å². The summed E-state index contributed by atoms with van der Waals surface area (Å²) < 4.78 is 5.25. The Morgan fingerprint density at radius 1 is 1.43 bits per heavy atom. The number of aryl methyl sites for hydroxylation is 2. The second-order valence-corrected chi connectivity index (χ2v) is 5.15. The number of carbonyl (C=O) groups is 2. The Morgan fingerprint density at radius 3 is 2.57 bits per heavy atom. The summed E-state index contributed by atoms with van der Waals surface area (Å²) in [6.07, 6.45) is -0.744. The Balaban J connectivity index is 2.15. The SMILES string of the molecule is CC(=O)NC[C@H]1CN(c2cc(C)c(NN)c(C)c2)C(=O)O1. The number of hydrogen-bond donors (Lipinski definition) is 3. The van der Waals surface area contributed by atoms with Gasteiger partial charge in [0.15, 0.2) is 0 Å². The number of nitrogen functional groups attached to an aromatic ring is 1. The molecule has 0 saturated carbocycles. The maximum atomic E-state index is 12.0. The third-order valence-corrected chi connectivity index (χ3v) is 3.43. The van der Waals surface area contributed by atoms with Crippen molar-refractivity contribution in [3.05, 3.63) is 23.3 Å². The van der Waals surface area contributed by atoms with E-state index in [-0.39, 0.29) is 12.0 Å². The van der Waals surface area contributed by atoms with Crippen LogP contribution in [-0.4, -0.2) is 31.2 Å². The number of benzene rings is 1. The van der Waals surface area contributed by atoms with Crippen LogP contribution in [0.3, 0.4) is 0 Å². The summed E-state index contributed by atoms with van der Waals surface area (Å²) in [6.45, 7) is 5.99. The van der Waals surface area contributed by atoms with Crippen molar-refractivity contribution in [1.29, 1.82) is 0 Å². The van der Waals surface area contributed by atoms with Crippen LogP contribution in [0.4, 0.5) is 16.2 Å². The molecule has 0 spiro atoms. The smallest absolute Gasteiger partial charge is 0.414 e. The molecule has 4 N–H and O–H groups in total. The minimum absolute atomic E-state index is 0.144. The number of anilines is 2. The van der Waals surface area contributed by atoms with Crippen LogP contribution in [0, 0.1) is 13.8 Å². The second kappa shape index (κ2) is 6.01. The molecule has 2 amide bonds. The molecular weight excluding hydrogens is 272 g/mol. The lowest BCUT2D eigenvalue weighted by Gasteiger charge is -2.17. The fraction of sp³-hybridized carbons (Fsp3) is 0.429. The largest absolute Gasteiger partial charge is 0.442 e. The van der Waals surface area contributed by atoms with Gasteiger partial charge in [-0.05, 0) is 37.1 Å². The van der Waals surface area contributed by atoms with Crippen molar-refractivity contribution < 1.29 is 14.3 Å². The minimum atomic E-state index is -0.405. The first-order valence-electron chi connectivity index (χ1n) is 6.72. The van der Waals surface area contributed by atoms with Crippen LogP contribution in [0.1, 0.15) is 18.1 Å². The quantitative estimate of drug-likeness (QED) is 0.569. The normalized spacial score (nSPS) is 17.6. The average Bonchev–Trinajstić information content (AvgIpc) is 2.77. The summed E-state index contributed by atoms with van der Waals surface area (Å²) in [5.74, 6) is 5.33. The number of cyclic esters (lactones) is 1. The molecule has 21 heavy (non-hydrogen) atoms. The van der Waals surface area contributed by atoms with E-state index in [0.717, 1.165) is 22.5 Å². The highest BCUT2D eigenvalue weighted by atomic mass is 16.6. The molecule has 1 saturated heterocycles. The standard InChI is InChI=1S/C14H20N4O3/c1-8-4-11(5-9(2)13(8)17-15)18-7-12(21-14(18)20)6-16-10(3)19/h4-5,12,17H,6-7,15H2,1-3H3,(H,16,19)/t12-/m0/s1. The predicted octanol–water partition coefficient (Wildman–Crippen LogP) is 1.05. The molecular formula is C14H20N4O3. The van der Waals surface area contributed by atoms with Crippen molar-refractivity contribution in [2.45, 2.75) is 26.9 Å². The van der Waals surface area contributed by atoms with E-state index in [4.69, 9.17) is 10.6 Å². The number of amides is 2. The molecule has 1 fully saturated rings. The van der Waals surface area contributed by atoms with Crippen LogP contribution >= 0.6 is 0 Å². The summed E-state index contributed by atoms with van der Waals surface area (Å²) in [7, 11) is 0. The molecule has 7 heteroatoms. The van der Waals surface area contributed by atoms with E-state index in [1.807, 2.05) is 26.0 Å². The summed E-state index contributed by atoms with van der Waals surface area (Å²) in [6, 6.07) is 3.76. The van der Waals surface area contributed by atoms with Gasteiger partial charge in [-0.2, -0.15) is 0 Å². The van der Waals surface area contributed by atoms with E-state index >= 15 is 0 Å². The Labute approximate surface area is 123 Å². The van der Waals surface area contributed by atoms with Crippen LogP contribution in [0.2, 0.25) is 0 Å². The molecule has 0 aromatic heterocycles. The Bertz CT molecular complexity index is 550. The van der Waals surface area contributed by atoms with Crippen molar-refractivity contribution in [1.82, 2.24) is 5.32 Å². The number of nitrogens with one attached hydrogen (secondary N) is 2. The zero-order valence-electron chi connectivity index (χ0n) is 12.4. The fourth-order valence-corrected chi connectivity index (χ4v) is 2.42. The summed E-state index contributed by atoms with van der Waals surface area (Å²) in [5.41, 5.74) is 6.16. The number of nitrogens with two attached hydrogens (primary N) is 1. The van der Waals surface area contributed by atoms with Crippen molar-refractivity contribution in [3.8, 4) is 0 Å². The van der Waals surface area contributed by atoms with E-state index in [1.54, 1.807) is 4.90 Å². The molecule has 0 unspecified atom stereocenters. The number of carbonyl (C=O) groups excluding carboxylic acids is 2. The van der Waals surface area contributed by atoms with E-state index in [0.29, 0.717) is 13.1 Å². The van der Waals surface area contributed by atoms with E-state index in [2.05, 4.69) is 10.7 Å². The second-order valence-electron chi connectivity index (χ2n) is 5.15. The highest BCUT2D eigenvalue weighted by Crippen LogP contribution is 2.29. The van der Waals surface area contributed by atoms with Crippen molar-refractivity contribution in [3.63, 3.8) is 0 Å². The van der Waals surface area contributed by atoms with Gasteiger partial charge >= 0.3 is 6.09 Å². The number of ether oxygens (including phenoxy) is 1. The molecule has 0 radical (unpaired) electrons. The van der Waals surface area contributed by atoms with E-state index < -0.39 is 6.09 Å². The molecule has 1 aromatic carbocycles. The van der Waals surface area contributed by atoms with Crippen molar-refractivity contribution >= 4 is 23.4 Å². The first kappa shape index (κ1) is 15.1. The number of hydrogen-bond acceptors (Lipinski definition) is 5. The van der Waals surface area contributed by atoms with Crippen LogP contribution in [0.5, 0.6) is 0 Å². The molecule has 114 valence electrons. The van der Waals surface area contributed by atoms with E-state index in [1.165, 1.54) is 6.92 Å². The van der Waals surface area contributed by atoms with Gasteiger partial charge in [0.05, 0.1) is 18.8 Å². The molecule has 1 heterocycles. The van der Waals surface area contributed by atoms with Crippen molar-refractivity contribution in [2.75, 3.05) is 23.4 Å². The number of rotatable bonds is 4. The number of nitrogens with zero attached hydrogens (tertiary/aromatic N) is 1. The highest BCUT2D eigenvalue weighted by Gasteiger charge is 2.32.